The molecule has 0 aliphatic carbocycles. The first-order chi connectivity index (χ1) is 8.70. The minimum absolute atomic E-state index is 0.252. The van der Waals surface area contributed by atoms with Crippen LogP contribution in [0.4, 0.5) is 5.69 Å². The average Bonchev–Trinajstić information content (AvgIpc) is 2.40. The maximum absolute atomic E-state index is 12.2. The molecule has 1 atom stereocenters. The molecule has 1 aromatic rings. The zero-order chi connectivity index (χ0) is 13.0. The maximum Gasteiger partial charge on any atom is 0.141 e. The summed E-state index contributed by atoms with van der Waals surface area (Å²) >= 11 is 0. The number of anilines is 1. The normalized spacial score (nSPS) is 18.5. The van der Waals surface area contributed by atoms with Crippen LogP contribution in [0.25, 0.3) is 0 Å². The molecule has 1 fully saturated rings. The van der Waals surface area contributed by atoms with Crippen molar-refractivity contribution in [2.45, 2.75) is 23.8 Å². The number of hydrogen-bond donors (Lipinski definition) is 1. The van der Waals surface area contributed by atoms with Crippen LogP contribution in [-0.2, 0) is 21.3 Å². The Morgan fingerprint density at radius 2 is 2.17 bits per heavy atom. The zero-order valence-corrected chi connectivity index (χ0v) is 11.4. The van der Waals surface area contributed by atoms with Gasteiger partial charge in [-0.2, -0.15) is 0 Å². The van der Waals surface area contributed by atoms with E-state index in [4.69, 9.17) is 15.2 Å². The fourth-order valence-electron chi connectivity index (χ4n) is 2.09. The van der Waals surface area contributed by atoms with Crippen molar-refractivity contribution >= 4 is 16.5 Å². The molecular weight excluding hydrogens is 250 g/mol. The SMILES string of the molecule is COc1ccc(CS(=O)C2CCOCC2)cc1N. The van der Waals surface area contributed by atoms with E-state index in [2.05, 4.69) is 0 Å². The average molecular weight is 269 g/mol. The van der Waals surface area contributed by atoms with Crippen LogP contribution in [0.5, 0.6) is 5.75 Å². The minimum atomic E-state index is -0.851. The fraction of sp³-hybridized carbons (Fsp3) is 0.538. The molecule has 5 heteroatoms. The van der Waals surface area contributed by atoms with Crippen molar-refractivity contribution in [3.63, 3.8) is 0 Å². The second-order valence-corrected chi connectivity index (χ2v) is 6.13. The summed E-state index contributed by atoms with van der Waals surface area (Å²) in [6.45, 7) is 1.45. The topological polar surface area (TPSA) is 61.5 Å². The van der Waals surface area contributed by atoms with Crippen molar-refractivity contribution < 1.29 is 13.7 Å². The van der Waals surface area contributed by atoms with Gasteiger partial charge in [-0.1, -0.05) is 6.07 Å². The van der Waals surface area contributed by atoms with Gasteiger partial charge in [0, 0.05) is 35.0 Å². The lowest BCUT2D eigenvalue weighted by Crippen LogP contribution is -2.25. The standard InChI is InChI=1S/C13H19NO3S/c1-16-13-3-2-10(8-12(13)14)9-18(15)11-4-6-17-7-5-11/h2-3,8,11H,4-7,9,14H2,1H3. The minimum Gasteiger partial charge on any atom is -0.495 e. The maximum atomic E-state index is 12.2. The van der Waals surface area contributed by atoms with E-state index in [9.17, 15) is 4.21 Å². The Balaban J connectivity index is 2.00. The highest BCUT2D eigenvalue weighted by Crippen LogP contribution is 2.24. The number of nitrogens with two attached hydrogens (primary N) is 1. The van der Waals surface area contributed by atoms with E-state index in [1.165, 1.54) is 0 Å². The number of methoxy groups -OCH3 is 1. The van der Waals surface area contributed by atoms with Gasteiger partial charge in [-0.05, 0) is 30.5 Å². The molecule has 1 saturated heterocycles. The Hall–Kier alpha value is -1.07. The van der Waals surface area contributed by atoms with Crippen LogP contribution in [0.3, 0.4) is 0 Å². The summed E-state index contributed by atoms with van der Waals surface area (Å²) < 4.78 is 22.6. The molecule has 2 rings (SSSR count). The molecule has 0 radical (unpaired) electrons. The predicted molar refractivity (Wildman–Crippen MR) is 73.1 cm³/mol. The highest BCUT2D eigenvalue weighted by Gasteiger charge is 2.20. The van der Waals surface area contributed by atoms with Crippen molar-refractivity contribution in [3.05, 3.63) is 23.8 Å². The molecule has 0 amide bonds. The quantitative estimate of drug-likeness (QED) is 0.845. The molecule has 1 unspecified atom stereocenters. The van der Waals surface area contributed by atoms with Crippen LogP contribution < -0.4 is 10.5 Å². The van der Waals surface area contributed by atoms with E-state index in [0.717, 1.165) is 31.6 Å². The highest BCUT2D eigenvalue weighted by molar-refractivity contribution is 7.84. The number of rotatable bonds is 4. The third-order valence-electron chi connectivity index (χ3n) is 3.14. The van der Waals surface area contributed by atoms with Crippen LogP contribution in [-0.4, -0.2) is 29.8 Å². The highest BCUT2D eigenvalue weighted by atomic mass is 32.2. The molecule has 0 aromatic heterocycles. The van der Waals surface area contributed by atoms with Crippen molar-refractivity contribution in [1.82, 2.24) is 0 Å². The van der Waals surface area contributed by atoms with Gasteiger partial charge in [0.05, 0.1) is 12.8 Å². The lowest BCUT2D eigenvalue weighted by atomic mass is 10.2. The summed E-state index contributed by atoms with van der Waals surface area (Å²) in [4.78, 5) is 0. The number of ether oxygens (including phenoxy) is 2. The summed E-state index contributed by atoms with van der Waals surface area (Å²) in [6.07, 6.45) is 1.77. The zero-order valence-electron chi connectivity index (χ0n) is 10.6. The van der Waals surface area contributed by atoms with Crippen LogP contribution in [0.15, 0.2) is 18.2 Å². The van der Waals surface area contributed by atoms with Gasteiger partial charge in [-0.15, -0.1) is 0 Å². The van der Waals surface area contributed by atoms with Crippen LogP contribution in [0.1, 0.15) is 18.4 Å². The summed E-state index contributed by atoms with van der Waals surface area (Å²) in [6, 6.07) is 5.59. The Kier molecular flexibility index (Phi) is 4.60. The van der Waals surface area contributed by atoms with E-state index < -0.39 is 10.8 Å². The lowest BCUT2D eigenvalue weighted by molar-refractivity contribution is 0.0992. The second kappa shape index (κ2) is 6.20. The van der Waals surface area contributed by atoms with Gasteiger partial charge in [-0.25, -0.2) is 0 Å². The third kappa shape index (κ3) is 3.23. The van der Waals surface area contributed by atoms with E-state index in [0.29, 0.717) is 17.2 Å². The Bertz CT molecular complexity index is 430. The van der Waals surface area contributed by atoms with E-state index in [1.54, 1.807) is 7.11 Å². The second-order valence-electron chi connectivity index (χ2n) is 4.41. The summed E-state index contributed by atoms with van der Waals surface area (Å²) in [7, 11) is 0.738. The van der Waals surface area contributed by atoms with Crippen molar-refractivity contribution in [2.24, 2.45) is 0 Å². The van der Waals surface area contributed by atoms with Crippen molar-refractivity contribution in [2.75, 3.05) is 26.1 Å². The first-order valence-corrected chi connectivity index (χ1v) is 7.46. The van der Waals surface area contributed by atoms with Gasteiger partial charge in [0.2, 0.25) is 0 Å². The Labute approximate surface area is 110 Å². The van der Waals surface area contributed by atoms with Gasteiger partial charge < -0.3 is 15.2 Å². The molecule has 0 bridgehead atoms. The van der Waals surface area contributed by atoms with Crippen LogP contribution >= 0.6 is 0 Å². The smallest absolute Gasteiger partial charge is 0.141 e. The molecule has 18 heavy (non-hydrogen) atoms. The first-order valence-electron chi connectivity index (χ1n) is 6.08. The number of hydrogen-bond acceptors (Lipinski definition) is 4. The molecule has 100 valence electrons. The largest absolute Gasteiger partial charge is 0.495 e. The van der Waals surface area contributed by atoms with Gasteiger partial charge in [0.25, 0.3) is 0 Å². The summed E-state index contributed by atoms with van der Waals surface area (Å²) in [5, 5.41) is 0.252. The van der Waals surface area contributed by atoms with Crippen molar-refractivity contribution in [3.8, 4) is 5.75 Å². The van der Waals surface area contributed by atoms with Crippen LogP contribution in [0, 0.1) is 0 Å². The molecule has 0 spiro atoms. The van der Waals surface area contributed by atoms with Gasteiger partial charge in [-0.3, -0.25) is 4.21 Å². The molecule has 1 aliphatic heterocycles. The molecule has 1 heterocycles. The fourth-order valence-corrected chi connectivity index (χ4v) is 3.56. The molecule has 2 N–H and O–H groups in total. The summed E-state index contributed by atoms with van der Waals surface area (Å²) in [5.41, 5.74) is 7.44. The molecule has 0 saturated carbocycles. The van der Waals surface area contributed by atoms with Gasteiger partial charge in [0.15, 0.2) is 0 Å². The van der Waals surface area contributed by atoms with Gasteiger partial charge >= 0.3 is 0 Å². The van der Waals surface area contributed by atoms with Crippen LogP contribution in [0.2, 0.25) is 0 Å². The van der Waals surface area contributed by atoms with Crippen molar-refractivity contribution in [1.29, 1.82) is 0 Å². The summed E-state index contributed by atoms with van der Waals surface area (Å²) in [5.74, 6) is 1.22. The first kappa shape index (κ1) is 13.4. The predicted octanol–water partition coefficient (Wildman–Crippen LogP) is 1.71. The van der Waals surface area contributed by atoms with E-state index in [1.807, 2.05) is 18.2 Å². The molecule has 1 aliphatic rings. The molecule has 4 nitrogen and oxygen atoms in total. The monoisotopic (exact) mass is 269 g/mol. The Morgan fingerprint density at radius 1 is 1.44 bits per heavy atom. The van der Waals surface area contributed by atoms with E-state index in [-0.39, 0.29) is 5.25 Å². The number of nitrogen functional groups attached to an aromatic ring is 1. The lowest BCUT2D eigenvalue weighted by Gasteiger charge is -2.21. The third-order valence-corrected chi connectivity index (χ3v) is 4.98. The van der Waals surface area contributed by atoms with E-state index >= 15 is 0 Å². The molecular formula is C13H19NO3S. The molecule has 1 aromatic carbocycles. The Morgan fingerprint density at radius 3 is 2.78 bits per heavy atom. The van der Waals surface area contributed by atoms with Gasteiger partial charge in [0.1, 0.15) is 5.75 Å². The number of benzene rings is 1.